The topological polar surface area (TPSA) is 84.2 Å². The van der Waals surface area contributed by atoms with Crippen molar-refractivity contribution in [1.29, 1.82) is 0 Å². The minimum atomic E-state index is -0.0661. The van der Waals surface area contributed by atoms with Gasteiger partial charge in [0.25, 0.3) is 0 Å². The summed E-state index contributed by atoms with van der Waals surface area (Å²) in [5.74, 6) is -0.109. The Morgan fingerprint density at radius 3 is 2.26 bits per heavy atom. The molecule has 0 atom stereocenters. The van der Waals surface area contributed by atoms with Crippen LogP contribution in [0.1, 0.15) is 19.4 Å². The minimum absolute atomic E-state index is 0.00668. The number of nitrogens with one attached hydrogen (secondary N) is 2. The highest BCUT2D eigenvalue weighted by atomic mass is 16.2. The van der Waals surface area contributed by atoms with Crippen LogP contribution in [0, 0.1) is 5.92 Å². The average molecular weight is 263 g/mol. The van der Waals surface area contributed by atoms with Gasteiger partial charge in [-0.2, -0.15) is 0 Å². The maximum atomic E-state index is 11.6. The maximum absolute atomic E-state index is 11.6. The Morgan fingerprint density at radius 2 is 1.68 bits per heavy atom. The van der Waals surface area contributed by atoms with Gasteiger partial charge in [0.05, 0.1) is 6.42 Å². The third-order valence-electron chi connectivity index (χ3n) is 2.62. The first kappa shape index (κ1) is 15.0. The van der Waals surface area contributed by atoms with Gasteiger partial charge in [0.2, 0.25) is 11.8 Å². The molecule has 0 saturated heterocycles. The number of rotatable bonds is 6. The predicted molar refractivity (Wildman–Crippen MR) is 75.4 cm³/mol. The van der Waals surface area contributed by atoms with Gasteiger partial charge in [-0.15, -0.1) is 0 Å². The van der Waals surface area contributed by atoms with Gasteiger partial charge in [-0.3, -0.25) is 9.59 Å². The second kappa shape index (κ2) is 7.41. The van der Waals surface area contributed by atoms with Crippen molar-refractivity contribution in [3.63, 3.8) is 0 Å². The monoisotopic (exact) mass is 263 g/mol. The molecule has 5 heteroatoms. The van der Waals surface area contributed by atoms with E-state index < -0.39 is 0 Å². The highest BCUT2D eigenvalue weighted by Crippen LogP contribution is 2.05. The number of anilines is 1. The van der Waals surface area contributed by atoms with Gasteiger partial charge in [0, 0.05) is 24.7 Å². The van der Waals surface area contributed by atoms with Gasteiger partial charge in [-0.05, 0) is 17.7 Å². The number of carbonyl (C=O) groups excluding carboxylic acids is 2. The SMILES string of the molecule is CC(C)C(=O)NCCNC(=O)Cc1ccc(N)cc1. The van der Waals surface area contributed by atoms with Crippen LogP contribution < -0.4 is 16.4 Å². The van der Waals surface area contributed by atoms with Crippen LogP contribution in [-0.4, -0.2) is 24.9 Å². The third kappa shape index (κ3) is 5.90. The van der Waals surface area contributed by atoms with E-state index in [1.54, 1.807) is 12.1 Å². The molecule has 2 amide bonds. The fraction of sp³-hybridized carbons (Fsp3) is 0.429. The second-order valence-corrected chi connectivity index (χ2v) is 4.71. The summed E-state index contributed by atoms with van der Waals surface area (Å²) in [7, 11) is 0. The van der Waals surface area contributed by atoms with Crippen molar-refractivity contribution < 1.29 is 9.59 Å². The summed E-state index contributed by atoms with van der Waals surface area (Å²) in [6.45, 7) is 4.54. The molecule has 0 bridgehead atoms. The van der Waals surface area contributed by atoms with Crippen molar-refractivity contribution in [2.75, 3.05) is 18.8 Å². The Balaban J connectivity index is 2.21. The number of carbonyl (C=O) groups is 2. The Hall–Kier alpha value is -2.04. The molecule has 0 radical (unpaired) electrons. The van der Waals surface area contributed by atoms with Crippen molar-refractivity contribution in [1.82, 2.24) is 10.6 Å². The number of nitrogen functional groups attached to an aromatic ring is 1. The molecule has 19 heavy (non-hydrogen) atoms. The van der Waals surface area contributed by atoms with E-state index in [1.165, 1.54) is 0 Å². The van der Waals surface area contributed by atoms with Crippen molar-refractivity contribution in [3.8, 4) is 0 Å². The summed E-state index contributed by atoms with van der Waals surface area (Å²) < 4.78 is 0. The van der Waals surface area contributed by atoms with E-state index in [1.807, 2.05) is 26.0 Å². The Labute approximate surface area is 113 Å². The molecule has 0 saturated carbocycles. The molecule has 0 fully saturated rings. The van der Waals surface area contributed by atoms with E-state index in [0.29, 0.717) is 25.2 Å². The fourth-order valence-corrected chi connectivity index (χ4v) is 1.48. The van der Waals surface area contributed by atoms with Crippen LogP contribution in [0.5, 0.6) is 0 Å². The first-order valence-electron chi connectivity index (χ1n) is 6.38. The molecule has 1 aromatic carbocycles. The molecule has 0 heterocycles. The summed E-state index contributed by atoms with van der Waals surface area (Å²) in [6.07, 6.45) is 0.318. The lowest BCUT2D eigenvalue weighted by molar-refractivity contribution is -0.124. The molecular weight excluding hydrogens is 242 g/mol. The highest BCUT2D eigenvalue weighted by molar-refractivity contribution is 5.79. The molecule has 0 aromatic heterocycles. The average Bonchev–Trinajstić information content (AvgIpc) is 2.37. The van der Waals surface area contributed by atoms with Gasteiger partial charge in [-0.25, -0.2) is 0 Å². The maximum Gasteiger partial charge on any atom is 0.224 e. The minimum Gasteiger partial charge on any atom is -0.399 e. The van der Waals surface area contributed by atoms with E-state index in [2.05, 4.69) is 10.6 Å². The molecule has 0 aliphatic heterocycles. The zero-order chi connectivity index (χ0) is 14.3. The largest absolute Gasteiger partial charge is 0.399 e. The first-order valence-corrected chi connectivity index (χ1v) is 6.38. The summed E-state index contributed by atoms with van der Waals surface area (Å²) in [5, 5.41) is 5.49. The lowest BCUT2D eigenvalue weighted by Crippen LogP contribution is -2.36. The Bertz CT molecular complexity index is 427. The van der Waals surface area contributed by atoms with E-state index in [4.69, 9.17) is 5.73 Å². The molecule has 5 nitrogen and oxygen atoms in total. The van der Waals surface area contributed by atoms with E-state index in [-0.39, 0.29) is 17.7 Å². The van der Waals surface area contributed by atoms with Crippen molar-refractivity contribution in [2.24, 2.45) is 5.92 Å². The van der Waals surface area contributed by atoms with Crippen molar-refractivity contribution >= 4 is 17.5 Å². The van der Waals surface area contributed by atoms with Crippen LogP contribution in [0.25, 0.3) is 0 Å². The quantitative estimate of drug-likeness (QED) is 0.522. The van der Waals surface area contributed by atoms with Crippen LogP contribution in [-0.2, 0) is 16.0 Å². The van der Waals surface area contributed by atoms with Crippen molar-refractivity contribution in [3.05, 3.63) is 29.8 Å². The predicted octanol–water partition coefficient (Wildman–Crippen LogP) is 0.700. The highest BCUT2D eigenvalue weighted by Gasteiger charge is 2.06. The molecule has 1 aromatic rings. The van der Waals surface area contributed by atoms with Gasteiger partial charge < -0.3 is 16.4 Å². The smallest absolute Gasteiger partial charge is 0.224 e. The Morgan fingerprint density at radius 1 is 1.11 bits per heavy atom. The molecule has 4 N–H and O–H groups in total. The molecule has 0 aliphatic rings. The molecule has 0 unspecified atom stereocenters. The lowest BCUT2D eigenvalue weighted by atomic mass is 10.1. The van der Waals surface area contributed by atoms with Crippen LogP contribution >= 0.6 is 0 Å². The number of amides is 2. The fourth-order valence-electron chi connectivity index (χ4n) is 1.48. The molecular formula is C14H21N3O2. The van der Waals surface area contributed by atoms with Crippen LogP contribution in [0.2, 0.25) is 0 Å². The Kier molecular flexibility index (Phi) is 5.85. The zero-order valence-corrected chi connectivity index (χ0v) is 11.4. The molecule has 1 rings (SSSR count). The molecule has 0 spiro atoms. The molecule has 104 valence electrons. The summed E-state index contributed by atoms with van der Waals surface area (Å²) >= 11 is 0. The normalized spacial score (nSPS) is 10.3. The van der Waals surface area contributed by atoms with Gasteiger partial charge in [0.15, 0.2) is 0 Å². The zero-order valence-electron chi connectivity index (χ0n) is 11.4. The summed E-state index contributed by atoms with van der Waals surface area (Å²) in [4.78, 5) is 22.9. The van der Waals surface area contributed by atoms with Crippen molar-refractivity contribution in [2.45, 2.75) is 20.3 Å². The second-order valence-electron chi connectivity index (χ2n) is 4.71. The number of hydrogen-bond donors (Lipinski definition) is 3. The standard InChI is InChI=1S/C14H21N3O2/c1-10(2)14(19)17-8-7-16-13(18)9-11-3-5-12(15)6-4-11/h3-6,10H,7-9,15H2,1-2H3,(H,16,18)(H,17,19). The number of nitrogens with two attached hydrogens (primary N) is 1. The third-order valence-corrected chi connectivity index (χ3v) is 2.62. The van der Waals surface area contributed by atoms with Gasteiger partial charge in [0.1, 0.15) is 0 Å². The lowest BCUT2D eigenvalue weighted by Gasteiger charge is -2.09. The van der Waals surface area contributed by atoms with Gasteiger partial charge in [-0.1, -0.05) is 26.0 Å². The number of benzene rings is 1. The van der Waals surface area contributed by atoms with Gasteiger partial charge >= 0.3 is 0 Å². The van der Waals surface area contributed by atoms with Crippen LogP contribution in [0.3, 0.4) is 0 Å². The first-order chi connectivity index (χ1) is 8.99. The van der Waals surface area contributed by atoms with Crippen LogP contribution in [0.4, 0.5) is 5.69 Å². The van der Waals surface area contributed by atoms with E-state index in [0.717, 1.165) is 5.56 Å². The summed E-state index contributed by atoms with van der Waals surface area (Å²) in [5.41, 5.74) is 7.16. The number of hydrogen-bond acceptors (Lipinski definition) is 3. The van der Waals surface area contributed by atoms with Crippen LogP contribution in [0.15, 0.2) is 24.3 Å². The summed E-state index contributed by atoms with van der Waals surface area (Å²) in [6, 6.07) is 7.20. The van der Waals surface area contributed by atoms with E-state index in [9.17, 15) is 9.59 Å². The van der Waals surface area contributed by atoms with E-state index >= 15 is 0 Å². The molecule has 0 aliphatic carbocycles.